The summed E-state index contributed by atoms with van der Waals surface area (Å²) >= 11 is 0. The van der Waals surface area contributed by atoms with E-state index in [4.69, 9.17) is 4.74 Å². The number of anilines is 1. The van der Waals surface area contributed by atoms with Crippen LogP contribution in [0, 0.1) is 17.8 Å². The van der Waals surface area contributed by atoms with Gasteiger partial charge in [0.15, 0.2) is 6.10 Å². The van der Waals surface area contributed by atoms with Gasteiger partial charge < -0.3 is 10.1 Å². The van der Waals surface area contributed by atoms with Gasteiger partial charge in [0.05, 0.1) is 0 Å². The van der Waals surface area contributed by atoms with E-state index in [-0.39, 0.29) is 17.7 Å². The van der Waals surface area contributed by atoms with Crippen LogP contribution in [0.5, 0.6) is 0 Å². The number of hydrogen-bond donors (Lipinski definition) is 1. The molecule has 1 aromatic carbocycles. The quantitative estimate of drug-likeness (QED) is 0.633. The van der Waals surface area contributed by atoms with E-state index in [1.165, 1.54) is 26.2 Å². The zero-order chi connectivity index (χ0) is 18.0. The predicted molar refractivity (Wildman–Crippen MR) is 94.2 cm³/mol. The van der Waals surface area contributed by atoms with Crippen molar-refractivity contribution in [2.24, 2.45) is 17.8 Å². The summed E-state index contributed by atoms with van der Waals surface area (Å²) in [5.74, 6) is 1.24. The van der Waals surface area contributed by atoms with Crippen molar-refractivity contribution in [2.45, 2.75) is 52.1 Å². The zero-order valence-corrected chi connectivity index (χ0v) is 14.8. The van der Waals surface area contributed by atoms with Crippen molar-refractivity contribution < 1.29 is 19.1 Å². The molecule has 5 nitrogen and oxygen atoms in total. The average molecular weight is 343 g/mol. The first-order valence-corrected chi connectivity index (χ1v) is 9.03. The Bertz CT molecular complexity index is 667. The molecule has 4 atom stereocenters. The molecule has 0 aliphatic heterocycles. The van der Waals surface area contributed by atoms with E-state index in [2.05, 4.69) is 5.32 Å². The van der Waals surface area contributed by atoms with E-state index in [1.807, 2.05) is 0 Å². The van der Waals surface area contributed by atoms with Gasteiger partial charge in [-0.3, -0.25) is 14.4 Å². The Kier molecular flexibility index (Phi) is 5.21. The van der Waals surface area contributed by atoms with Crippen LogP contribution < -0.4 is 5.32 Å². The van der Waals surface area contributed by atoms with Gasteiger partial charge in [0.25, 0.3) is 0 Å². The Hall–Kier alpha value is -2.17. The Morgan fingerprint density at radius 2 is 1.88 bits per heavy atom. The number of esters is 1. The topological polar surface area (TPSA) is 72.5 Å². The molecule has 134 valence electrons. The molecule has 3 rings (SSSR count). The summed E-state index contributed by atoms with van der Waals surface area (Å²) in [6.45, 7) is 3.04. The molecule has 0 spiro atoms. The maximum atomic E-state index is 12.4. The first kappa shape index (κ1) is 17.6. The van der Waals surface area contributed by atoms with Crippen LogP contribution in [0.4, 0.5) is 5.69 Å². The number of carbonyl (C=O) groups excluding carboxylic acids is 3. The molecule has 0 heterocycles. The van der Waals surface area contributed by atoms with Gasteiger partial charge in [-0.05, 0) is 68.2 Å². The lowest BCUT2D eigenvalue weighted by atomic mass is 9.86. The summed E-state index contributed by atoms with van der Waals surface area (Å²) in [7, 11) is 0. The van der Waals surface area contributed by atoms with Crippen LogP contribution in [0.1, 0.15) is 56.3 Å². The lowest BCUT2D eigenvalue weighted by Crippen LogP contribution is -2.26. The molecule has 25 heavy (non-hydrogen) atoms. The predicted octanol–water partition coefficient (Wildman–Crippen LogP) is 3.59. The Labute approximate surface area is 148 Å². The highest BCUT2D eigenvalue weighted by Crippen LogP contribution is 2.49. The van der Waals surface area contributed by atoms with Crippen molar-refractivity contribution >= 4 is 23.3 Å². The second kappa shape index (κ2) is 7.38. The van der Waals surface area contributed by atoms with Crippen molar-refractivity contribution in [3.05, 3.63) is 29.8 Å². The van der Waals surface area contributed by atoms with Crippen molar-refractivity contribution in [3.63, 3.8) is 0 Å². The molecule has 2 aliphatic rings. The zero-order valence-electron chi connectivity index (χ0n) is 14.8. The summed E-state index contributed by atoms with van der Waals surface area (Å²) in [4.78, 5) is 35.6. The minimum absolute atomic E-state index is 0.165. The van der Waals surface area contributed by atoms with Crippen molar-refractivity contribution in [3.8, 4) is 0 Å². The number of Topliss-reactive ketones (excluding diaryl/α,β-unsaturated/α-hetero) is 1. The molecule has 2 saturated carbocycles. The maximum absolute atomic E-state index is 12.4. The van der Waals surface area contributed by atoms with Crippen LogP contribution in [0.25, 0.3) is 0 Å². The van der Waals surface area contributed by atoms with Gasteiger partial charge in [-0.25, -0.2) is 0 Å². The third-order valence-corrected chi connectivity index (χ3v) is 5.48. The monoisotopic (exact) mass is 343 g/mol. The molecule has 2 fully saturated rings. The smallest absolute Gasteiger partial charge is 0.306 e. The largest absolute Gasteiger partial charge is 0.454 e. The van der Waals surface area contributed by atoms with E-state index < -0.39 is 6.10 Å². The van der Waals surface area contributed by atoms with Crippen LogP contribution >= 0.6 is 0 Å². The van der Waals surface area contributed by atoms with Crippen LogP contribution in [-0.2, 0) is 14.3 Å². The molecule has 1 amide bonds. The SMILES string of the molecule is CC(=O)Nc1ccc(C(=O)C(C)OC(=O)CC2CC3CCC2C3)cc1. The number of nitrogens with one attached hydrogen (secondary N) is 1. The lowest BCUT2D eigenvalue weighted by Gasteiger charge is -2.21. The first-order valence-electron chi connectivity index (χ1n) is 9.03. The normalized spacial score (nSPS) is 25.4. The van der Waals surface area contributed by atoms with Gasteiger partial charge in [-0.1, -0.05) is 6.42 Å². The standard InChI is InChI=1S/C20H25NO4/c1-12(20(24)15-5-7-18(8-6-15)21-13(2)22)25-19(23)11-17-10-14-3-4-16(17)9-14/h5-8,12,14,16-17H,3-4,9-11H2,1-2H3,(H,21,22). The van der Waals surface area contributed by atoms with E-state index in [9.17, 15) is 14.4 Å². The van der Waals surface area contributed by atoms with Crippen LogP contribution in [0.3, 0.4) is 0 Å². The van der Waals surface area contributed by atoms with Crippen LogP contribution in [-0.4, -0.2) is 23.8 Å². The Morgan fingerprint density at radius 3 is 2.44 bits per heavy atom. The van der Waals surface area contributed by atoms with Gasteiger partial charge in [-0.15, -0.1) is 0 Å². The number of fused-ring (bicyclic) bond motifs is 2. The molecular formula is C20H25NO4. The van der Waals surface area contributed by atoms with E-state index in [0.29, 0.717) is 29.5 Å². The number of ketones is 1. The highest BCUT2D eigenvalue weighted by Gasteiger charge is 2.40. The number of ether oxygens (including phenoxy) is 1. The summed E-state index contributed by atoms with van der Waals surface area (Å²) in [5.41, 5.74) is 1.10. The molecule has 4 unspecified atom stereocenters. The highest BCUT2D eigenvalue weighted by molar-refractivity contribution is 6.00. The molecular weight excluding hydrogens is 318 g/mol. The molecule has 0 radical (unpaired) electrons. The second-order valence-corrected chi connectivity index (χ2v) is 7.39. The van der Waals surface area contributed by atoms with E-state index in [0.717, 1.165) is 12.3 Å². The number of carbonyl (C=O) groups is 3. The highest BCUT2D eigenvalue weighted by atomic mass is 16.5. The van der Waals surface area contributed by atoms with Gasteiger partial charge in [-0.2, -0.15) is 0 Å². The number of benzene rings is 1. The minimum atomic E-state index is -0.794. The maximum Gasteiger partial charge on any atom is 0.306 e. The summed E-state index contributed by atoms with van der Waals surface area (Å²) in [6.07, 6.45) is 4.56. The molecule has 2 bridgehead atoms. The second-order valence-electron chi connectivity index (χ2n) is 7.39. The molecule has 0 aromatic heterocycles. The third kappa shape index (κ3) is 4.27. The fourth-order valence-corrected chi connectivity index (χ4v) is 4.30. The van der Waals surface area contributed by atoms with Gasteiger partial charge >= 0.3 is 5.97 Å². The summed E-state index contributed by atoms with van der Waals surface area (Å²) in [5, 5.41) is 2.65. The molecule has 1 aromatic rings. The number of hydrogen-bond acceptors (Lipinski definition) is 4. The van der Waals surface area contributed by atoms with Crippen LogP contribution in [0.15, 0.2) is 24.3 Å². The molecule has 2 aliphatic carbocycles. The van der Waals surface area contributed by atoms with E-state index in [1.54, 1.807) is 31.2 Å². The summed E-state index contributed by atoms with van der Waals surface area (Å²) < 4.78 is 5.37. The Balaban J connectivity index is 1.51. The van der Waals surface area contributed by atoms with Crippen molar-refractivity contribution in [1.82, 2.24) is 0 Å². The third-order valence-electron chi connectivity index (χ3n) is 5.48. The van der Waals surface area contributed by atoms with Crippen molar-refractivity contribution in [1.29, 1.82) is 0 Å². The van der Waals surface area contributed by atoms with Gasteiger partial charge in [0, 0.05) is 24.6 Å². The van der Waals surface area contributed by atoms with Gasteiger partial charge in [0.2, 0.25) is 11.7 Å². The summed E-state index contributed by atoms with van der Waals surface area (Å²) in [6, 6.07) is 6.60. The average Bonchev–Trinajstić information content (AvgIpc) is 3.17. The fourth-order valence-electron chi connectivity index (χ4n) is 4.30. The number of rotatable bonds is 6. The van der Waals surface area contributed by atoms with E-state index >= 15 is 0 Å². The van der Waals surface area contributed by atoms with Crippen LogP contribution in [0.2, 0.25) is 0 Å². The fraction of sp³-hybridized carbons (Fsp3) is 0.550. The van der Waals surface area contributed by atoms with Crippen molar-refractivity contribution in [2.75, 3.05) is 5.32 Å². The van der Waals surface area contributed by atoms with Gasteiger partial charge in [0.1, 0.15) is 0 Å². The lowest BCUT2D eigenvalue weighted by molar-refractivity contribution is -0.147. The number of amides is 1. The molecule has 1 N–H and O–H groups in total. The molecule has 0 saturated heterocycles. The minimum Gasteiger partial charge on any atom is -0.454 e. The molecule has 5 heteroatoms. The first-order chi connectivity index (χ1) is 11.9. The Morgan fingerprint density at radius 1 is 1.16 bits per heavy atom.